The van der Waals surface area contributed by atoms with Gasteiger partial charge in [0.05, 0.1) is 10.8 Å². The molecule has 0 radical (unpaired) electrons. The Morgan fingerprint density at radius 3 is 1.39 bits per heavy atom. The molecule has 0 N–H and O–H groups in total. The molecule has 0 fully saturated rings. The Hall–Kier alpha value is -10.5. The highest BCUT2D eigenvalue weighted by Crippen LogP contribution is 2.60. The van der Waals surface area contributed by atoms with Crippen LogP contribution in [0.4, 0.5) is 17.1 Å². The van der Waals surface area contributed by atoms with Gasteiger partial charge in [0, 0.05) is 17.1 Å². The Bertz CT molecular complexity index is 4820. The molecule has 2 nitrogen and oxygen atoms in total. The van der Waals surface area contributed by atoms with Gasteiger partial charge < -0.3 is 9.64 Å². The first kappa shape index (κ1) is 57.6. The molecule has 13 aromatic rings. The highest BCUT2D eigenvalue weighted by atomic mass is 16.5. The average Bonchev–Trinajstić information content (AvgIpc) is 1.59. The predicted octanol–water partition coefficient (Wildman–Crippen LogP) is 23.2. The maximum absolute atomic E-state index is 6.72. The fourth-order valence-corrected chi connectivity index (χ4v) is 16.2. The van der Waals surface area contributed by atoms with Gasteiger partial charge in [-0.1, -0.05) is 286 Å². The van der Waals surface area contributed by atoms with Crippen LogP contribution in [0.2, 0.25) is 0 Å². The molecular formula is C91H75NO. The topological polar surface area (TPSA) is 12.5 Å². The molecule has 0 aromatic heterocycles. The molecule has 0 aliphatic heterocycles. The Labute approximate surface area is 549 Å². The number of hydrogen-bond acceptors (Lipinski definition) is 2. The Morgan fingerprint density at radius 1 is 0.366 bits per heavy atom. The molecule has 3 atom stereocenters. The summed E-state index contributed by atoms with van der Waals surface area (Å²) in [4.78, 5) is 2.49. The second-order valence-corrected chi connectivity index (χ2v) is 26.3. The van der Waals surface area contributed by atoms with Crippen molar-refractivity contribution < 1.29 is 4.74 Å². The highest BCUT2D eigenvalue weighted by Gasteiger charge is 2.48. The number of rotatable bonds is 17. The van der Waals surface area contributed by atoms with E-state index < -0.39 is 10.8 Å². The van der Waals surface area contributed by atoms with Gasteiger partial charge in [-0.15, -0.1) is 0 Å². The zero-order valence-electron chi connectivity index (χ0n) is 53.5. The van der Waals surface area contributed by atoms with Gasteiger partial charge in [0.15, 0.2) is 0 Å². The van der Waals surface area contributed by atoms with Gasteiger partial charge in [-0.25, -0.2) is 0 Å². The van der Waals surface area contributed by atoms with Gasteiger partial charge in [0.25, 0.3) is 0 Å². The summed E-state index contributed by atoms with van der Waals surface area (Å²) in [5, 5.41) is 0. The smallest absolute Gasteiger partial charge is 0.119 e. The molecule has 3 aliphatic carbocycles. The van der Waals surface area contributed by atoms with Gasteiger partial charge >= 0.3 is 0 Å². The standard InChI is InChI=1S/C91H75NO/c1-5-65(68-33-35-70(36-34-68)72-39-37-71-38-40-73(71)57-72)56-63(4)66-31-29-64(30-32-66)60-93-81-49-43-76(44-50-81)91(77-54-61(2)53-62(3)55-77)87-28-18-16-26-83(87)85-52-48-80(59-89(85)91)92(78-45-41-69(42-46-78)67-19-9-6-10-20-67)79-47-51-84-82-25-15-17-27-86(82)90(88(84)58-79,74-21-11-7-12-22-74)75-23-13-8-14-24-75/h6-37,39,41-55,57-59,63,65H,5,38,40,56,60H2,1-4H3. The lowest BCUT2D eigenvalue weighted by molar-refractivity contribution is 0.306. The van der Waals surface area contributed by atoms with Crippen molar-refractivity contribution >= 4 is 17.1 Å². The normalized spacial score (nSPS) is 15.2. The molecule has 13 aromatic carbocycles. The van der Waals surface area contributed by atoms with Gasteiger partial charge in [0.1, 0.15) is 12.4 Å². The summed E-state index contributed by atoms with van der Waals surface area (Å²) in [6, 6.07) is 116. The number of benzene rings is 13. The second-order valence-electron chi connectivity index (χ2n) is 26.3. The van der Waals surface area contributed by atoms with Gasteiger partial charge in [0.2, 0.25) is 0 Å². The SMILES string of the molecule is CCC(CC(C)c1ccc(COc2ccc(C3(c4cc(C)cc(C)c4)c4ccccc4-c4ccc(N(c5ccc(-c6ccccc6)cc5)c5ccc6c(c5)C(c5ccccc5)(c5ccccc5)c5ccccc5-6)cc43)cc2)cc1)c1ccc(-c2ccc3c(c2)CC3)cc1. The Kier molecular flexibility index (Phi) is 14.8. The molecule has 3 aliphatic rings. The number of fused-ring (bicyclic) bond motifs is 7. The minimum Gasteiger partial charge on any atom is -0.489 e. The molecule has 0 saturated carbocycles. The summed E-state index contributed by atoms with van der Waals surface area (Å²) in [6.07, 6.45) is 4.64. The molecule has 450 valence electrons. The Balaban J connectivity index is 0.755. The molecule has 0 heterocycles. The third-order valence-electron chi connectivity index (χ3n) is 20.8. The maximum atomic E-state index is 6.72. The summed E-state index contributed by atoms with van der Waals surface area (Å²) in [5.41, 5.74) is 31.4. The molecule has 0 saturated heterocycles. The van der Waals surface area contributed by atoms with E-state index in [1.165, 1.54) is 135 Å². The van der Waals surface area contributed by atoms with Crippen LogP contribution in [0.3, 0.4) is 0 Å². The largest absolute Gasteiger partial charge is 0.489 e. The molecule has 0 bridgehead atoms. The van der Waals surface area contributed by atoms with Crippen LogP contribution >= 0.6 is 0 Å². The van der Waals surface area contributed by atoms with Crippen molar-refractivity contribution in [3.63, 3.8) is 0 Å². The first-order chi connectivity index (χ1) is 45.7. The molecule has 0 amide bonds. The summed E-state index contributed by atoms with van der Waals surface area (Å²) in [5.74, 6) is 1.76. The summed E-state index contributed by atoms with van der Waals surface area (Å²) < 4.78 is 6.72. The molecule has 2 heteroatoms. The van der Waals surface area contributed by atoms with Crippen LogP contribution in [0, 0.1) is 13.8 Å². The van der Waals surface area contributed by atoms with Gasteiger partial charge in [-0.2, -0.15) is 0 Å². The van der Waals surface area contributed by atoms with E-state index in [1.54, 1.807) is 0 Å². The minimum atomic E-state index is -0.676. The average molecular weight is 1200 g/mol. The lowest BCUT2D eigenvalue weighted by Crippen LogP contribution is -2.29. The summed E-state index contributed by atoms with van der Waals surface area (Å²) >= 11 is 0. The zero-order valence-corrected chi connectivity index (χ0v) is 53.5. The van der Waals surface area contributed by atoms with E-state index in [0.717, 1.165) is 41.2 Å². The van der Waals surface area contributed by atoms with Gasteiger partial charge in [-0.3, -0.25) is 0 Å². The first-order valence-corrected chi connectivity index (χ1v) is 33.4. The number of hydrogen-bond donors (Lipinski definition) is 0. The number of ether oxygens (including phenoxy) is 1. The number of nitrogens with zero attached hydrogens (tertiary/aromatic N) is 1. The van der Waals surface area contributed by atoms with E-state index in [-0.39, 0.29) is 0 Å². The van der Waals surface area contributed by atoms with Crippen LogP contribution in [0.5, 0.6) is 5.75 Å². The second kappa shape index (κ2) is 23.9. The van der Waals surface area contributed by atoms with E-state index in [9.17, 15) is 0 Å². The van der Waals surface area contributed by atoms with Crippen LogP contribution in [0.25, 0.3) is 44.5 Å². The highest BCUT2D eigenvalue weighted by molar-refractivity contribution is 5.93. The Morgan fingerprint density at radius 2 is 0.828 bits per heavy atom. The van der Waals surface area contributed by atoms with Crippen molar-refractivity contribution in [2.75, 3.05) is 4.90 Å². The number of aryl methyl sites for hydroxylation is 4. The number of anilines is 3. The van der Waals surface area contributed by atoms with Crippen molar-refractivity contribution in [2.45, 2.75) is 82.7 Å². The van der Waals surface area contributed by atoms with Crippen molar-refractivity contribution in [3.05, 3.63) is 393 Å². The van der Waals surface area contributed by atoms with Crippen LogP contribution in [0.1, 0.15) is 122 Å². The van der Waals surface area contributed by atoms with Crippen LogP contribution < -0.4 is 9.64 Å². The van der Waals surface area contributed by atoms with E-state index in [0.29, 0.717) is 18.4 Å². The first-order valence-electron chi connectivity index (χ1n) is 33.4. The quantitative estimate of drug-likeness (QED) is 0.0901. The monoisotopic (exact) mass is 1200 g/mol. The summed E-state index contributed by atoms with van der Waals surface area (Å²) in [7, 11) is 0. The summed E-state index contributed by atoms with van der Waals surface area (Å²) in [6.45, 7) is 9.67. The minimum absolute atomic E-state index is 0.420. The fourth-order valence-electron chi connectivity index (χ4n) is 16.2. The third kappa shape index (κ3) is 10.0. The molecule has 93 heavy (non-hydrogen) atoms. The molecule has 0 spiro atoms. The fraction of sp³-hybridized carbons (Fsp3) is 0.143. The third-order valence-corrected chi connectivity index (χ3v) is 20.8. The van der Waals surface area contributed by atoms with Crippen LogP contribution in [0.15, 0.2) is 309 Å². The van der Waals surface area contributed by atoms with Crippen molar-refractivity contribution in [3.8, 4) is 50.3 Å². The lowest BCUT2D eigenvalue weighted by Gasteiger charge is -2.36. The van der Waals surface area contributed by atoms with E-state index in [1.807, 2.05) is 0 Å². The lowest BCUT2D eigenvalue weighted by atomic mass is 9.67. The maximum Gasteiger partial charge on any atom is 0.119 e. The zero-order chi connectivity index (χ0) is 62.6. The van der Waals surface area contributed by atoms with Gasteiger partial charge in [-0.05, 0) is 217 Å². The van der Waals surface area contributed by atoms with E-state index in [2.05, 4.69) is 342 Å². The predicted molar refractivity (Wildman–Crippen MR) is 387 cm³/mol. The van der Waals surface area contributed by atoms with E-state index in [4.69, 9.17) is 4.74 Å². The molecule has 3 unspecified atom stereocenters. The van der Waals surface area contributed by atoms with Crippen LogP contribution in [-0.2, 0) is 30.3 Å². The van der Waals surface area contributed by atoms with Crippen molar-refractivity contribution in [2.24, 2.45) is 0 Å². The van der Waals surface area contributed by atoms with Crippen molar-refractivity contribution in [1.29, 1.82) is 0 Å². The molecule has 16 rings (SSSR count). The van der Waals surface area contributed by atoms with Crippen LogP contribution in [-0.4, -0.2) is 0 Å². The van der Waals surface area contributed by atoms with Crippen molar-refractivity contribution in [1.82, 2.24) is 0 Å². The van der Waals surface area contributed by atoms with E-state index >= 15 is 0 Å². The molecular weight excluding hydrogens is 1120 g/mol.